The van der Waals surface area contributed by atoms with Gasteiger partial charge in [0.25, 0.3) is 0 Å². The summed E-state index contributed by atoms with van der Waals surface area (Å²) in [6.45, 7) is 0. The van der Waals surface area contributed by atoms with Crippen molar-refractivity contribution in [1.82, 2.24) is 19.9 Å². The van der Waals surface area contributed by atoms with Gasteiger partial charge in [-0.1, -0.05) is 133 Å². The molecule has 6 heteroatoms. The molecule has 7 aromatic carbocycles. The third-order valence-electron chi connectivity index (χ3n) is 9.17. The van der Waals surface area contributed by atoms with Gasteiger partial charge in [-0.25, -0.2) is 19.9 Å². The Bertz CT molecular complexity index is 2860. The van der Waals surface area contributed by atoms with Crippen molar-refractivity contribution in [2.75, 3.05) is 0 Å². The first-order valence-corrected chi connectivity index (χ1v) is 17.3. The fourth-order valence-electron chi connectivity index (χ4n) is 6.84. The number of hydrogen-bond donors (Lipinski definition) is 0. The predicted octanol–water partition coefficient (Wildman–Crippen LogP) is 11.9. The van der Waals surface area contributed by atoms with Crippen LogP contribution in [-0.2, 0) is 0 Å². The number of rotatable bonds is 5. The molecule has 3 aromatic heterocycles. The van der Waals surface area contributed by atoms with Gasteiger partial charge in [0, 0.05) is 44.7 Å². The number of benzene rings is 7. The summed E-state index contributed by atoms with van der Waals surface area (Å²) in [5.74, 6) is 1.81. The molecule has 0 saturated heterocycles. The smallest absolute Gasteiger partial charge is 0.164 e. The van der Waals surface area contributed by atoms with Crippen LogP contribution in [0.4, 0.5) is 0 Å². The van der Waals surface area contributed by atoms with Gasteiger partial charge in [0.15, 0.2) is 17.5 Å². The topological polar surface area (TPSA) is 64.7 Å². The highest BCUT2D eigenvalue weighted by molar-refractivity contribution is 7.21. The van der Waals surface area contributed by atoms with E-state index in [4.69, 9.17) is 24.4 Å². The number of hydrogen-bond acceptors (Lipinski definition) is 6. The average molecular weight is 659 g/mol. The van der Waals surface area contributed by atoms with E-state index in [1.165, 1.54) is 0 Å². The molecule has 10 rings (SSSR count). The molecule has 0 aliphatic heterocycles. The van der Waals surface area contributed by atoms with E-state index in [1.807, 2.05) is 72.8 Å². The van der Waals surface area contributed by atoms with Crippen LogP contribution in [0.1, 0.15) is 0 Å². The molecule has 0 spiro atoms. The van der Waals surface area contributed by atoms with E-state index >= 15 is 0 Å². The Kier molecular flexibility index (Phi) is 6.60. The molecule has 0 bridgehead atoms. The maximum absolute atomic E-state index is 6.49. The number of nitrogens with zero attached hydrogens (tertiary/aromatic N) is 4. The highest BCUT2D eigenvalue weighted by Crippen LogP contribution is 2.42. The van der Waals surface area contributed by atoms with Crippen LogP contribution in [0.25, 0.3) is 98.8 Å². The van der Waals surface area contributed by atoms with Gasteiger partial charge in [-0.2, -0.15) is 0 Å². The fraction of sp³-hybridized carbons (Fsp3) is 0. The standard InChI is InChI=1S/C44H26N4OS/c1-4-14-28(15-5-1)39-31-20-11-10-13-27(31)23-24-33(39)43-47-41(29-16-6-2-7-17-29)46-42(48-43)32-21-12-22-36-40(32)34-25-38-35(26-37(34)49-36)45-44(50-38)30-18-8-3-9-19-30/h1-26H. The fourth-order valence-corrected chi connectivity index (χ4v) is 7.84. The van der Waals surface area contributed by atoms with Crippen LogP contribution in [0, 0.1) is 0 Å². The minimum atomic E-state index is 0.587. The number of fused-ring (bicyclic) bond motifs is 5. The highest BCUT2D eigenvalue weighted by atomic mass is 32.1. The SMILES string of the molecule is c1ccc(-c2nc(-c3ccc4ccccc4c3-c3ccccc3)nc(-c3cccc4oc5cc6nc(-c7ccccc7)sc6cc5c34)n2)cc1. The minimum absolute atomic E-state index is 0.587. The van der Waals surface area contributed by atoms with E-state index in [0.717, 1.165) is 81.3 Å². The van der Waals surface area contributed by atoms with Crippen molar-refractivity contribution >= 4 is 54.3 Å². The maximum atomic E-state index is 6.49. The van der Waals surface area contributed by atoms with E-state index in [0.29, 0.717) is 17.5 Å². The molecule has 10 aromatic rings. The summed E-state index contributed by atoms with van der Waals surface area (Å²) in [4.78, 5) is 20.5. The third-order valence-corrected chi connectivity index (χ3v) is 10.2. The van der Waals surface area contributed by atoms with Crippen LogP contribution < -0.4 is 0 Å². The van der Waals surface area contributed by atoms with Crippen molar-refractivity contribution in [3.8, 4) is 55.9 Å². The molecule has 0 amide bonds. The van der Waals surface area contributed by atoms with Crippen LogP contribution in [0.2, 0.25) is 0 Å². The summed E-state index contributed by atoms with van der Waals surface area (Å²) in [7, 11) is 0. The van der Waals surface area contributed by atoms with Gasteiger partial charge in [0.1, 0.15) is 16.2 Å². The number of aromatic nitrogens is 4. The van der Waals surface area contributed by atoms with Gasteiger partial charge in [-0.05, 0) is 34.5 Å². The molecule has 0 fully saturated rings. The normalized spacial score (nSPS) is 11.6. The van der Waals surface area contributed by atoms with Crippen LogP contribution in [-0.4, -0.2) is 19.9 Å². The van der Waals surface area contributed by atoms with E-state index in [9.17, 15) is 0 Å². The van der Waals surface area contributed by atoms with Gasteiger partial charge in [-0.15, -0.1) is 11.3 Å². The first-order valence-electron chi connectivity index (χ1n) is 16.5. The van der Waals surface area contributed by atoms with Gasteiger partial charge in [0.2, 0.25) is 0 Å². The molecule has 0 N–H and O–H groups in total. The van der Waals surface area contributed by atoms with Crippen LogP contribution in [0.15, 0.2) is 162 Å². The van der Waals surface area contributed by atoms with Crippen molar-refractivity contribution in [3.63, 3.8) is 0 Å². The zero-order chi connectivity index (χ0) is 33.0. The molecule has 5 nitrogen and oxygen atoms in total. The molecular weight excluding hydrogens is 633 g/mol. The summed E-state index contributed by atoms with van der Waals surface area (Å²) in [5, 5.41) is 5.26. The summed E-state index contributed by atoms with van der Waals surface area (Å²) < 4.78 is 7.58. The van der Waals surface area contributed by atoms with Crippen LogP contribution >= 0.6 is 11.3 Å². The summed E-state index contributed by atoms with van der Waals surface area (Å²) in [5.41, 5.74) is 8.52. The lowest BCUT2D eigenvalue weighted by atomic mass is 9.93. The van der Waals surface area contributed by atoms with Gasteiger partial charge in [0.05, 0.1) is 10.2 Å². The molecule has 0 atom stereocenters. The van der Waals surface area contributed by atoms with Crippen molar-refractivity contribution in [1.29, 1.82) is 0 Å². The first-order chi connectivity index (χ1) is 24.8. The molecule has 234 valence electrons. The first kappa shape index (κ1) is 28.5. The van der Waals surface area contributed by atoms with E-state index in [-0.39, 0.29) is 0 Å². The Hall–Kier alpha value is -6.50. The maximum Gasteiger partial charge on any atom is 0.164 e. The quantitative estimate of drug-likeness (QED) is 0.184. The largest absolute Gasteiger partial charge is 0.456 e. The van der Waals surface area contributed by atoms with Gasteiger partial charge in [-0.3, -0.25) is 0 Å². The second-order valence-corrected chi connectivity index (χ2v) is 13.3. The van der Waals surface area contributed by atoms with Gasteiger partial charge >= 0.3 is 0 Å². The zero-order valence-electron chi connectivity index (χ0n) is 26.6. The Morgan fingerprint density at radius 3 is 1.88 bits per heavy atom. The van der Waals surface area contributed by atoms with E-state index in [2.05, 4.69) is 84.9 Å². The Balaban J connectivity index is 1.23. The zero-order valence-corrected chi connectivity index (χ0v) is 27.4. The highest BCUT2D eigenvalue weighted by Gasteiger charge is 2.21. The molecule has 0 aliphatic rings. The number of thiazole rings is 1. The Morgan fingerprint density at radius 1 is 0.440 bits per heavy atom. The molecule has 0 radical (unpaired) electrons. The molecule has 50 heavy (non-hydrogen) atoms. The molecule has 0 unspecified atom stereocenters. The Labute approximate surface area is 291 Å². The van der Waals surface area contributed by atoms with Gasteiger partial charge < -0.3 is 4.42 Å². The minimum Gasteiger partial charge on any atom is -0.456 e. The monoisotopic (exact) mass is 658 g/mol. The lowest BCUT2D eigenvalue weighted by Gasteiger charge is -2.15. The number of furan rings is 1. The molecule has 0 aliphatic carbocycles. The molecular formula is C44H26N4OS. The Morgan fingerprint density at radius 2 is 1.10 bits per heavy atom. The average Bonchev–Trinajstić information content (AvgIpc) is 3.78. The van der Waals surface area contributed by atoms with Crippen LogP contribution in [0.5, 0.6) is 0 Å². The predicted molar refractivity (Wildman–Crippen MR) is 205 cm³/mol. The van der Waals surface area contributed by atoms with E-state index < -0.39 is 0 Å². The lowest BCUT2D eigenvalue weighted by molar-refractivity contribution is 0.669. The lowest BCUT2D eigenvalue weighted by Crippen LogP contribution is -2.01. The second kappa shape index (κ2) is 11.6. The summed E-state index contributed by atoms with van der Waals surface area (Å²) >= 11 is 1.68. The van der Waals surface area contributed by atoms with Crippen molar-refractivity contribution in [2.45, 2.75) is 0 Å². The molecule has 3 heterocycles. The summed E-state index contributed by atoms with van der Waals surface area (Å²) in [6, 6.07) is 54.0. The third kappa shape index (κ3) is 4.77. The van der Waals surface area contributed by atoms with Crippen molar-refractivity contribution in [2.24, 2.45) is 0 Å². The van der Waals surface area contributed by atoms with Crippen LogP contribution in [0.3, 0.4) is 0 Å². The van der Waals surface area contributed by atoms with E-state index in [1.54, 1.807) is 11.3 Å². The molecule has 0 saturated carbocycles. The summed E-state index contributed by atoms with van der Waals surface area (Å²) in [6.07, 6.45) is 0. The van der Waals surface area contributed by atoms with Crippen molar-refractivity contribution in [3.05, 3.63) is 158 Å². The second-order valence-electron chi connectivity index (χ2n) is 12.2. The van der Waals surface area contributed by atoms with Crippen molar-refractivity contribution < 1.29 is 4.42 Å².